The highest BCUT2D eigenvalue weighted by molar-refractivity contribution is 7.10. The van der Waals surface area contributed by atoms with Gasteiger partial charge in [-0.05, 0) is 74.4 Å². The fraction of sp³-hybridized carbons (Fsp3) is 0.520. The molecule has 1 atom stereocenters. The molecule has 0 saturated carbocycles. The summed E-state index contributed by atoms with van der Waals surface area (Å²) in [6.07, 6.45) is 0.782. The van der Waals surface area contributed by atoms with Crippen LogP contribution in [0.5, 0.6) is 5.75 Å². The summed E-state index contributed by atoms with van der Waals surface area (Å²) in [5.41, 5.74) is 0.689. The molecule has 180 valence electrons. The topological polar surface area (TPSA) is 61.9 Å². The van der Waals surface area contributed by atoms with Crippen molar-refractivity contribution in [1.82, 2.24) is 15.1 Å². The van der Waals surface area contributed by atoms with Crippen molar-refractivity contribution in [3.63, 3.8) is 0 Å². The van der Waals surface area contributed by atoms with Gasteiger partial charge < -0.3 is 19.9 Å². The van der Waals surface area contributed by atoms with E-state index in [2.05, 4.69) is 5.32 Å². The number of nitrogens with zero attached hydrogens (tertiary/aromatic N) is 2. The Morgan fingerprint density at radius 1 is 1.24 bits per heavy atom. The summed E-state index contributed by atoms with van der Waals surface area (Å²) in [5, 5.41) is 5.00. The summed E-state index contributed by atoms with van der Waals surface area (Å²) in [4.78, 5) is 31.0. The summed E-state index contributed by atoms with van der Waals surface area (Å²) in [7, 11) is 0. The number of carbonyl (C=O) groups is 2. The zero-order valence-corrected chi connectivity index (χ0v) is 20.9. The van der Waals surface area contributed by atoms with Crippen LogP contribution < -0.4 is 10.1 Å². The van der Waals surface area contributed by atoms with Crippen molar-refractivity contribution in [2.45, 2.75) is 52.6 Å². The lowest BCUT2D eigenvalue weighted by atomic mass is 10.0. The first-order valence-corrected chi connectivity index (χ1v) is 12.2. The third kappa shape index (κ3) is 6.93. The molecular formula is C25H34FN3O3S. The van der Waals surface area contributed by atoms with Crippen molar-refractivity contribution in [3.8, 4) is 5.75 Å². The Morgan fingerprint density at radius 2 is 1.94 bits per heavy atom. The summed E-state index contributed by atoms with van der Waals surface area (Å²) < 4.78 is 19.2. The number of rotatable bonds is 7. The molecule has 8 heteroatoms. The maximum Gasteiger partial charge on any atom is 0.318 e. The number of halogens is 1. The van der Waals surface area contributed by atoms with E-state index in [1.165, 1.54) is 17.0 Å². The number of thiophene rings is 1. The fourth-order valence-electron chi connectivity index (χ4n) is 3.89. The average molecular weight is 476 g/mol. The molecule has 2 heterocycles. The van der Waals surface area contributed by atoms with Gasteiger partial charge in [0.25, 0.3) is 0 Å². The van der Waals surface area contributed by atoms with Crippen LogP contribution in [0.25, 0.3) is 0 Å². The van der Waals surface area contributed by atoms with E-state index >= 15 is 0 Å². The largest absolute Gasteiger partial charge is 0.491 e. The van der Waals surface area contributed by atoms with Crippen LogP contribution in [0.3, 0.4) is 0 Å². The van der Waals surface area contributed by atoms with Crippen LogP contribution in [0.2, 0.25) is 0 Å². The monoisotopic (exact) mass is 475 g/mol. The molecule has 0 bridgehead atoms. The van der Waals surface area contributed by atoms with E-state index in [0.29, 0.717) is 18.8 Å². The van der Waals surface area contributed by atoms with E-state index in [4.69, 9.17) is 4.74 Å². The van der Waals surface area contributed by atoms with Gasteiger partial charge in [-0.2, -0.15) is 0 Å². The van der Waals surface area contributed by atoms with Crippen LogP contribution in [0.1, 0.15) is 51.1 Å². The minimum atomic E-state index is -0.391. The Bertz CT molecular complexity index is 953. The van der Waals surface area contributed by atoms with Crippen LogP contribution >= 0.6 is 11.3 Å². The quantitative estimate of drug-likeness (QED) is 0.622. The number of hydrogen-bond donors (Lipinski definition) is 1. The third-order valence-electron chi connectivity index (χ3n) is 5.32. The third-order valence-corrected chi connectivity index (χ3v) is 6.31. The van der Waals surface area contributed by atoms with Crippen molar-refractivity contribution in [2.75, 3.05) is 26.2 Å². The number of benzene rings is 1. The van der Waals surface area contributed by atoms with Crippen molar-refractivity contribution >= 4 is 23.3 Å². The van der Waals surface area contributed by atoms with Crippen LogP contribution in [0.4, 0.5) is 9.18 Å². The van der Waals surface area contributed by atoms with Gasteiger partial charge in [0.2, 0.25) is 5.91 Å². The van der Waals surface area contributed by atoms with Crippen LogP contribution in [-0.4, -0.2) is 53.5 Å². The van der Waals surface area contributed by atoms with E-state index < -0.39 is 5.54 Å². The Hall–Kier alpha value is -2.61. The molecule has 3 rings (SSSR count). The normalized spacial score (nSPS) is 15.8. The van der Waals surface area contributed by atoms with E-state index in [1.54, 1.807) is 28.4 Å². The molecule has 2 aromatic rings. The number of ether oxygens (including phenoxy) is 1. The minimum absolute atomic E-state index is 0.00656. The maximum absolute atomic E-state index is 13.5. The van der Waals surface area contributed by atoms with E-state index in [1.807, 2.05) is 51.0 Å². The van der Waals surface area contributed by atoms with Crippen LogP contribution in [-0.2, 0) is 11.2 Å². The van der Waals surface area contributed by atoms with Crippen LogP contribution in [0.15, 0.2) is 35.7 Å². The van der Waals surface area contributed by atoms with E-state index in [9.17, 15) is 14.0 Å². The van der Waals surface area contributed by atoms with Gasteiger partial charge in [-0.3, -0.25) is 4.79 Å². The molecule has 0 unspecified atom stereocenters. The molecular weight excluding hydrogens is 441 g/mol. The van der Waals surface area contributed by atoms with Gasteiger partial charge >= 0.3 is 6.03 Å². The van der Waals surface area contributed by atoms with Gasteiger partial charge in [0, 0.05) is 23.5 Å². The zero-order chi connectivity index (χ0) is 24.2. The first-order chi connectivity index (χ1) is 15.5. The molecule has 1 aromatic heterocycles. The van der Waals surface area contributed by atoms with Crippen LogP contribution in [0, 0.1) is 11.7 Å². The summed E-state index contributed by atoms with van der Waals surface area (Å²) in [6, 6.07) is 7.41. The second-order valence-electron chi connectivity index (χ2n) is 9.87. The lowest BCUT2D eigenvalue weighted by molar-refractivity contribution is -0.135. The lowest BCUT2D eigenvalue weighted by Gasteiger charge is -2.37. The Balaban J connectivity index is 1.76. The average Bonchev–Trinajstić information content (AvgIpc) is 3.20. The molecule has 0 aliphatic carbocycles. The van der Waals surface area contributed by atoms with Crippen molar-refractivity contribution in [1.29, 1.82) is 0 Å². The molecule has 0 saturated heterocycles. The fourth-order valence-corrected chi connectivity index (χ4v) is 4.82. The molecule has 33 heavy (non-hydrogen) atoms. The SMILES string of the molecule is CC(C)CN(CC(=O)N1CCc2sccc2[C@@H]1COc1ccc(F)cc1)C(=O)NC(C)(C)C. The first kappa shape index (κ1) is 25.0. The predicted molar refractivity (Wildman–Crippen MR) is 129 cm³/mol. The smallest absolute Gasteiger partial charge is 0.318 e. The zero-order valence-electron chi connectivity index (χ0n) is 20.1. The predicted octanol–water partition coefficient (Wildman–Crippen LogP) is 4.86. The van der Waals surface area contributed by atoms with Gasteiger partial charge in [0.15, 0.2) is 0 Å². The van der Waals surface area contributed by atoms with Crippen molar-refractivity contribution in [3.05, 3.63) is 52.0 Å². The number of hydrogen-bond acceptors (Lipinski definition) is 4. The Morgan fingerprint density at radius 3 is 2.58 bits per heavy atom. The number of carbonyl (C=O) groups excluding carboxylic acids is 2. The maximum atomic E-state index is 13.5. The summed E-state index contributed by atoms with van der Waals surface area (Å²) >= 11 is 1.68. The molecule has 1 aliphatic rings. The number of fused-ring (bicyclic) bond motifs is 1. The molecule has 6 nitrogen and oxygen atoms in total. The molecule has 1 N–H and O–H groups in total. The van der Waals surface area contributed by atoms with Gasteiger partial charge in [-0.25, -0.2) is 9.18 Å². The highest BCUT2D eigenvalue weighted by Gasteiger charge is 2.34. The lowest BCUT2D eigenvalue weighted by Crippen LogP contribution is -2.53. The highest BCUT2D eigenvalue weighted by atomic mass is 32.1. The second kappa shape index (κ2) is 10.5. The minimum Gasteiger partial charge on any atom is -0.491 e. The molecule has 1 aromatic carbocycles. The van der Waals surface area contributed by atoms with Gasteiger partial charge in [-0.15, -0.1) is 11.3 Å². The van der Waals surface area contributed by atoms with Gasteiger partial charge in [0.05, 0.1) is 6.04 Å². The van der Waals surface area contributed by atoms with Gasteiger partial charge in [-0.1, -0.05) is 13.8 Å². The highest BCUT2D eigenvalue weighted by Crippen LogP contribution is 2.34. The molecule has 1 aliphatic heterocycles. The van der Waals surface area contributed by atoms with E-state index in [-0.39, 0.29) is 42.9 Å². The standard InChI is InChI=1S/C25H34FN3O3S/c1-17(2)14-28(24(31)27-25(3,4)5)15-23(30)29-12-10-22-20(11-13-33-22)21(29)16-32-19-8-6-18(26)7-9-19/h6-9,11,13,17,21H,10,12,14-16H2,1-5H3,(H,27,31)/t21-/m0/s1. The Kier molecular flexibility index (Phi) is 8.00. The molecule has 0 fully saturated rings. The Labute approximate surface area is 199 Å². The van der Waals surface area contributed by atoms with Crippen molar-refractivity contribution < 1.29 is 18.7 Å². The summed E-state index contributed by atoms with van der Waals surface area (Å²) in [5.74, 6) is 0.350. The first-order valence-electron chi connectivity index (χ1n) is 11.3. The second-order valence-corrected chi connectivity index (χ2v) is 10.9. The number of urea groups is 1. The number of amides is 3. The molecule has 3 amide bonds. The van der Waals surface area contributed by atoms with Gasteiger partial charge in [0.1, 0.15) is 24.7 Å². The molecule has 0 spiro atoms. The van der Waals surface area contributed by atoms with E-state index in [0.717, 1.165) is 12.0 Å². The van der Waals surface area contributed by atoms with Crippen molar-refractivity contribution in [2.24, 2.45) is 5.92 Å². The summed E-state index contributed by atoms with van der Waals surface area (Å²) in [6.45, 7) is 11.1. The molecule has 0 radical (unpaired) electrons. The number of nitrogens with one attached hydrogen (secondary N) is 1.